The van der Waals surface area contributed by atoms with E-state index < -0.39 is 5.79 Å². The zero-order valence-electron chi connectivity index (χ0n) is 7.45. The molecule has 1 N–H and O–H groups in total. The lowest BCUT2D eigenvalue weighted by atomic mass is 10.2. The summed E-state index contributed by atoms with van der Waals surface area (Å²) in [5, 5.41) is 9.26. The van der Waals surface area contributed by atoms with E-state index in [1.807, 2.05) is 30.3 Å². The Morgan fingerprint density at radius 3 is 2.33 bits per heavy atom. The van der Waals surface area contributed by atoms with Crippen LogP contribution in [0.25, 0.3) is 0 Å². The Kier molecular flexibility index (Phi) is 2.84. The van der Waals surface area contributed by atoms with Crippen molar-refractivity contribution in [3.63, 3.8) is 0 Å². The fourth-order valence-corrected chi connectivity index (χ4v) is 0.834. The molecule has 0 bridgehead atoms. The Bertz CT molecular complexity index is 223. The van der Waals surface area contributed by atoms with Crippen molar-refractivity contribution >= 4 is 0 Å². The third-order valence-electron chi connectivity index (χ3n) is 1.43. The van der Waals surface area contributed by atoms with Crippen molar-refractivity contribution in [2.24, 2.45) is 0 Å². The quantitative estimate of drug-likeness (QED) is 0.695. The monoisotopic (exact) mass is 166 g/mol. The molecule has 1 rings (SSSR count). The fourth-order valence-electron chi connectivity index (χ4n) is 0.834. The molecule has 66 valence electrons. The van der Waals surface area contributed by atoms with Crippen LogP contribution in [0.1, 0.15) is 19.4 Å². The first kappa shape index (κ1) is 9.23. The molecule has 0 heterocycles. The van der Waals surface area contributed by atoms with E-state index in [9.17, 15) is 5.11 Å². The van der Waals surface area contributed by atoms with Crippen LogP contribution >= 0.6 is 0 Å². The predicted molar refractivity (Wildman–Crippen MR) is 47.5 cm³/mol. The summed E-state index contributed by atoms with van der Waals surface area (Å²) in [6.45, 7) is 3.69. The van der Waals surface area contributed by atoms with Crippen LogP contribution in [0.5, 0.6) is 0 Å². The number of rotatable bonds is 3. The molecule has 0 unspecified atom stereocenters. The van der Waals surface area contributed by atoms with E-state index in [0.717, 1.165) is 5.56 Å². The minimum atomic E-state index is -1.05. The minimum Gasteiger partial charge on any atom is -0.366 e. The molecular formula is C10H14O2. The molecule has 2 nitrogen and oxygen atoms in total. The molecule has 1 aromatic rings. The van der Waals surface area contributed by atoms with Crippen LogP contribution < -0.4 is 0 Å². The number of hydrogen-bond donors (Lipinski definition) is 1. The summed E-state index contributed by atoms with van der Waals surface area (Å²) >= 11 is 0. The van der Waals surface area contributed by atoms with Crippen molar-refractivity contribution in [1.29, 1.82) is 0 Å². The van der Waals surface area contributed by atoms with Crippen LogP contribution in [0.3, 0.4) is 0 Å². The van der Waals surface area contributed by atoms with Gasteiger partial charge in [-0.05, 0) is 19.4 Å². The Morgan fingerprint density at radius 1 is 1.25 bits per heavy atom. The second kappa shape index (κ2) is 3.70. The molecule has 0 aliphatic carbocycles. The molecule has 0 spiro atoms. The molecule has 0 aromatic heterocycles. The van der Waals surface area contributed by atoms with E-state index in [1.165, 1.54) is 0 Å². The highest BCUT2D eigenvalue weighted by atomic mass is 16.6. The maximum absolute atomic E-state index is 9.26. The summed E-state index contributed by atoms with van der Waals surface area (Å²) in [5.74, 6) is -1.05. The van der Waals surface area contributed by atoms with Gasteiger partial charge in [0.15, 0.2) is 5.79 Å². The van der Waals surface area contributed by atoms with Crippen LogP contribution in [0, 0.1) is 0 Å². The molecule has 0 saturated carbocycles. The molecule has 0 amide bonds. The summed E-state index contributed by atoms with van der Waals surface area (Å²) in [7, 11) is 0. The standard InChI is InChI=1S/C10H14O2/c1-10(2,11)12-8-9-6-4-3-5-7-9/h3-7,11H,8H2,1-2H3. The van der Waals surface area contributed by atoms with Crippen molar-refractivity contribution in [3.05, 3.63) is 35.9 Å². The van der Waals surface area contributed by atoms with Crippen LogP contribution in [0.2, 0.25) is 0 Å². The van der Waals surface area contributed by atoms with Crippen molar-refractivity contribution < 1.29 is 9.84 Å². The fraction of sp³-hybridized carbons (Fsp3) is 0.400. The van der Waals surface area contributed by atoms with Gasteiger partial charge in [0.25, 0.3) is 0 Å². The van der Waals surface area contributed by atoms with Gasteiger partial charge in [0.1, 0.15) is 0 Å². The summed E-state index contributed by atoms with van der Waals surface area (Å²) in [4.78, 5) is 0. The number of ether oxygens (including phenoxy) is 1. The number of hydrogen-bond acceptors (Lipinski definition) is 2. The average molecular weight is 166 g/mol. The first-order valence-corrected chi connectivity index (χ1v) is 3.98. The van der Waals surface area contributed by atoms with E-state index in [0.29, 0.717) is 6.61 Å². The van der Waals surface area contributed by atoms with Gasteiger partial charge in [-0.1, -0.05) is 30.3 Å². The Labute approximate surface area is 72.8 Å². The van der Waals surface area contributed by atoms with E-state index in [4.69, 9.17) is 4.74 Å². The largest absolute Gasteiger partial charge is 0.366 e. The van der Waals surface area contributed by atoms with Crippen molar-refractivity contribution in [2.45, 2.75) is 26.2 Å². The molecule has 12 heavy (non-hydrogen) atoms. The van der Waals surface area contributed by atoms with Crippen LogP contribution in [-0.2, 0) is 11.3 Å². The Morgan fingerprint density at radius 2 is 1.83 bits per heavy atom. The third kappa shape index (κ3) is 3.51. The van der Waals surface area contributed by atoms with Crippen LogP contribution in [0.4, 0.5) is 0 Å². The van der Waals surface area contributed by atoms with Crippen LogP contribution in [0.15, 0.2) is 30.3 Å². The second-order valence-corrected chi connectivity index (χ2v) is 3.22. The van der Waals surface area contributed by atoms with Gasteiger partial charge in [0, 0.05) is 0 Å². The summed E-state index contributed by atoms with van der Waals surface area (Å²) in [6.07, 6.45) is 0. The van der Waals surface area contributed by atoms with Gasteiger partial charge in [-0.25, -0.2) is 0 Å². The van der Waals surface area contributed by atoms with E-state index in [2.05, 4.69) is 0 Å². The van der Waals surface area contributed by atoms with Gasteiger partial charge in [-0.15, -0.1) is 0 Å². The maximum Gasteiger partial charge on any atom is 0.160 e. The van der Waals surface area contributed by atoms with Gasteiger partial charge < -0.3 is 9.84 Å². The molecule has 0 aliphatic heterocycles. The third-order valence-corrected chi connectivity index (χ3v) is 1.43. The zero-order chi connectivity index (χ0) is 9.03. The Balaban J connectivity index is 2.44. The van der Waals surface area contributed by atoms with Crippen molar-refractivity contribution in [3.8, 4) is 0 Å². The van der Waals surface area contributed by atoms with Gasteiger partial charge in [-0.3, -0.25) is 0 Å². The highest BCUT2D eigenvalue weighted by Crippen LogP contribution is 2.08. The highest BCUT2D eigenvalue weighted by Gasteiger charge is 2.11. The lowest BCUT2D eigenvalue weighted by molar-refractivity contribution is -0.183. The first-order chi connectivity index (χ1) is 5.58. The molecule has 2 heteroatoms. The predicted octanol–water partition coefficient (Wildman–Crippen LogP) is 1.93. The lowest BCUT2D eigenvalue weighted by Crippen LogP contribution is -2.22. The molecular weight excluding hydrogens is 152 g/mol. The lowest BCUT2D eigenvalue weighted by Gasteiger charge is -2.17. The Hall–Kier alpha value is -0.860. The SMILES string of the molecule is CC(C)(O)OCc1ccccc1. The normalized spacial score (nSPS) is 11.6. The van der Waals surface area contributed by atoms with Crippen molar-refractivity contribution in [2.75, 3.05) is 0 Å². The summed E-state index contributed by atoms with van der Waals surface area (Å²) in [5.41, 5.74) is 1.07. The van der Waals surface area contributed by atoms with Gasteiger partial charge in [0.2, 0.25) is 0 Å². The van der Waals surface area contributed by atoms with E-state index in [1.54, 1.807) is 13.8 Å². The minimum absolute atomic E-state index is 0.449. The molecule has 0 atom stereocenters. The molecule has 1 aromatic carbocycles. The van der Waals surface area contributed by atoms with E-state index in [-0.39, 0.29) is 0 Å². The maximum atomic E-state index is 9.26. The topological polar surface area (TPSA) is 29.5 Å². The average Bonchev–Trinajstić information content (AvgIpc) is 2.02. The molecule has 0 aliphatic rings. The smallest absolute Gasteiger partial charge is 0.160 e. The molecule has 0 saturated heterocycles. The zero-order valence-corrected chi connectivity index (χ0v) is 7.45. The molecule has 0 fully saturated rings. The number of aliphatic hydroxyl groups is 1. The molecule has 0 radical (unpaired) electrons. The number of benzene rings is 1. The van der Waals surface area contributed by atoms with Gasteiger partial charge in [0.05, 0.1) is 6.61 Å². The first-order valence-electron chi connectivity index (χ1n) is 3.98. The van der Waals surface area contributed by atoms with Gasteiger partial charge >= 0.3 is 0 Å². The summed E-state index contributed by atoms with van der Waals surface area (Å²) in [6, 6.07) is 9.78. The van der Waals surface area contributed by atoms with E-state index >= 15 is 0 Å². The second-order valence-electron chi connectivity index (χ2n) is 3.22. The summed E-state index contributed by atoms with van der Waals surface area (Å²) < 4.78 is 5.17. The highest BCUT2D eigenvalue weighted by molar-refractivity contribution is 5.13. The van der Waals surface area contributed by atoms with Crippen LogP contribution in [-0.4, -0.2) is 10.9 Å². The van der Waals surface area contributed by atoms with Crippen molar-refractivity contribution in [1.82, 2.24) is 0 Å². The van der Waals surface area contributed by atoms with Gasteiger partial charge in [-0.2, -0.15) is 0 Å².